The molecule has 16 heavy (non-hydrogen) atoms. The fourth-order valence-electron chi connectivity index (χ4n) is 1.42. The van der Waals surface area contributed by atoms with Gasteiger partial charge in [0.25, 0.3) is 0 Å². The number of thiophene rings is 1. The van der Waals surface area contributed by atoms with Crippen molar-refractivity contribution in [2.75, 3.05) is 6.54 Å². The van der Waals surface area contributed by atoms with Crippen molar-refractivity contribution in [3.8, 4) is 0 Å². The molecule has 0 aliphatic carbocycles. The maximum atomic E-state index is 11.1. The second-order valence-electron chi connectivity index (χ2n) is 4.78. The van der Waals surface area contributed by atoms with E-state index in [1.165, 1.54) is 4.88 Å². The molecule has 0 saturated carbocycles. The third-order valence-electron chi connectivity index (χ3n) is 2.31. The van der Waals surface area contributed by atoms with Crippen LogP contribution in [0.4, 0.5) is 0 Å². The van der Waals surface area contributed by atoms with Crippen molar-refractivity contribution < 1.29 is 9.90 Å². The molecule has 1 rings (SSSR count). The van der Waals surface area contributed by atoms with Gasteiger partial charge in [-0.25, -0.2) is 0 Å². The Balaban J connectivity index is 2.95. The lowest BCUT2D eigenvalue weighted by Crippen LogP contribution is -2.27. The Morgan fingerprint density at radius 3 is 2.50 bits per heavy atom. The second kappa shape index (κ2) is 4.97. The fraction of sp³-hybridized carbons (Fsp3) is 0.583. The van der Waals surface area contributed by atoms with E-state index in [4.69, 9.17) is 5.11 Å². The van der Waals surface area contributed by atoms with Crippen LogP contribution in [0.25, 0.3) is 0 Å². The van der Waals surface area contributed by atoms with Gasteiger partial charge < -0.3 is 10.4 Å². The number of aliphatic carboxylic acids is 1. The smallest absolute Gasteiger partial charge is 0.326 e. The SMILES string of the molecule is CCNC(C(=O)O)c1ccc(C(C)(C)C)s1. The molecule has 1 atom stereocenters. The van der Waals surface area contributed by atoms with E-state index in [1.807, 2.05) is 19.1 Å². The maximum Gasteiger partial charge on any atom is 0.326 e. The Labute approximate surface area is 100 Å². The van der Waals surface area contributed by atoms with Crippen LogP contribution in [-0.2, 0) is 10.2 Å². The molecule has 1 aromatic heterocycles. The normalized spacial score (nSPS) is 13.8. The van der Waals surface area contributed by atoms with Gasteiger partial charge in [-0.15, -0.1) is 11.3 Å². The van der Waals surface area contributed by atoms with Gasteiger partial charge in [0.1, 0.15) is 6.04 Å². The summed E-state index contributed by atoms with van der Waals surface area (Å²) >= 11 is 1.57. The summed E-state index contributed by atoms with van der Waals surface area (Å²) in [4.78, 5) is 13.2. The molecule has 1 aromatic rings. The lowest BCUT2D eigenvalue weighted by molar-refractivity contribution is -0.139. The van der Waals surface area contributed by atoms with E-state index in [-0.39, 0.29) is 5.41 Å². The fourth-order valence-corrected chi connectivity index (χ4v) is 2.56. The highest BCUT2D eigenvalue weighted by atomic mass is 32.1. The van der Waals surface area contributed by atoms with Gasteiger partial charge >= 0.3 is 5.97 Å². The Kier molecular flexibility index (Phi) is 4.10. The van der Waals surface area contributed by atoms with Crippen LogP contribution in [0.5, 0.6) is 0 Å². The topological polar surface area (TPSA) is 49.3 Å². The van der Waals surface area contributed by atoms with Crippen LogP contribution < -0.4 is 5.32 Å². The molecule has 4 heteroatoms. The summed E-state index contributed by atoms with van der Waals surface area (Å²) in [6.45, 7) is 8.96. The van der Waals surface area contributed by atoms with Crippen molar-refractivity contribution in [2.24, 2.45) is 0 Å². The van der Waals surface area contributed by atoms with Crippen molar-refractivity contribution in [3.05, 3.63) is 21.9 Å². The van der Waals surface area contributed by atoms with Crippen molar-refractivity contribution >= 4 is 17.3 Å². The Morgan fingerprint density at radius 2 is 2.12 bits per heavy atom. The summed E-state index contributed by atoms with van der Waals surface area (Å²) in [7, 11) is 0. The number of nitrogens with one attached hydrogen (secondary N) is 1. The number of hydrogen-bond acceptors (Lipinski definition) is 3. The van der Waals surface area contributed by atoms with Crippen molar-refractivity contribution in [3.63, 3.8) is 0 Å². The molecule has 1 unspecified atom stereocenters. The van der Waals surface area contributed by atoms with Crippen LogP contribution >= 0.6 is 11.3 Å². The number of carbonyl (C=O) groups is 1. The average Bonchev–Trinajstić information content (AvgIpc) is 2.61. The van der Waals surface area contributed by atoms with Crippen molar-refractivity contribution in [1.82, 2.24) is 5.32 Å². The highest BCUT2D eigenvalue weighted by Crippen LogP contribution is 2.32. The Morgan fingerprint density at radius 1 is 1.50 bits per heavy atom. The lowest BCUT2D eigenvalue weighted by atomic mass is 9.95. The van der Waals surface area contributed by atoms with Crippen molar-refractivity contribution in [1.29, 1.82) is 0 Å². The van der Waals surface area contributed by atoms with Crippen LogP contribution in [-0.4, -0.2) is 17.6 Å². The molecule has 90 valence electrons. The molecular formula is C12H19NO2S. The molecule has 2 N–H and O–H groups in total. The standard InChI is InChI=1S/C12H19NO2S/c1-5-13-10(11(14)15)8-6-7-9(16-8)12(2,3)4/h6-7,10,13H,5H2,1-4H3,(H,14,15). The highest BCUT2D eigenvalue weighted by molar-refractivity contribution is 7.12. The largest absolute Gasteiger partial charge is 0.480 e. The van der Waals surface area contributed by atoms with E-state index >= 15 is 0 Å². The molecule has 0 amide bonds. The summed E-state index contributed by atoms with van der Waals surface area (Å²) < 4.78 is 0. The summed E-state index contributed by atoms with van der Waals surface area (Å²) in [5.41, 5.74) is 0.0815. The zero-order valence-electron chi connectivity index (χ0n) is 10.2. The molecule has 0 aliphatic rings. The summed E-state index contributed by atoms with van der Waals surface area (Å²) in [5, 5.41) is 12.1. The third-order valence-corrected chi connectivity index (χ3v) is 3.88. The van der Waals surface area contributed by atoms with Crippen LogP contribution in [0.15, 0.2) is 12.1 Å². The van der Waals surface area contributed by atoms with Gasteiger partial charge in [0.15, 0.2) is 0 Å². The molecule has 3 nitrogen and oxygen atoms in total. The van der Waals surface area contributed by atoms with E-state index in [0.29, 0.717) is 6.54 Å². The quantitative estimate of drug-likeness (QED) is 0.852. The minimum atomic E-state index is -0.816. The molecule has 0 aliphatic heterocycles. The number of rotatable bonds is 4. The zero-order chi connectivity index (χ0) is 12.3. The molecule has 0 fully saturated rings. The molecular weight excluding hydrogens is 222 g/mol. The Hall–Kier alpha value is -0.870. The minimum absolute atomic E-state index is 0.0815. The van der Waals surface area contributed by atoms with E-state index in [2.05, 4.69) is 26.1 Å². The van der Waals surface area contributed by atoms with Gasteiger partial charge in [-0.1, -0.05) is 27.7 Å². The molecule has 1 heterocycles. The zero-order valence-corrected chi connectivity index (χ0v) is 11.0. The van der Waals surface area contributed by atoms with E-state index < -0.39 is 12.0 Å². The van der Waals surface area contributed by atoms with Crippen LogP contribution in [0, 0.1) is 0 Å². The monoisotopic (exact) mass is 241 g/mol. The van der Waals surface area contributed by atoms with Crippen LogP contribution in [0.1, 0.15) is 43.5 Å². The third kappa shape index (κ3) is 3.06. The van der Waals surface area contributed by atoms with Crippen LogP contribution in [0.3, 0.4) is 0 Å². The number of hydrogen-bond donors (Lipinski definition) is 2. The summed E-state index contributed by atoms with van der Waals surface area (Å²) in [6, 6.07) is 3.35. The summed E-state index contributed by atoms with van der Waals surface area (Å²) in [6.07, 6.45) is 0. The molecule has 0 bridgehead atoms. The van der Waals surface area contributed by atoms with Gasteiger partial charge in [-0.2, -0.15) is 0 Å². The van der Waals surface area contributed by atoms with Gasteiger partial charge in [0.2, 0.25) is 0 Å². The lowest BCUT2D eigenvalue weighted by Gasteiger charge is -2.16. The second-order valence-corrected chi connectivity index (χ2v) is 5.90. The molecule has 0 aromatic carbocycles. The summed E-state index contributed by atoms with van der Waals surface area (Å²) in [5.74, 6) is -0.816. The molecule has 0 saturated heterocycles. The highest BCUT2D eigenvalue weighted by Gasteiger charge is 2.23. The number of carboxylic acids is 1. The first-order valence-corrected chi connectivity index (χ1v) is 6.24. The predicted molar refractivity (Wildman–Crippen MR) is 67.1 cm³/mol. The first kappa shape index (κ1) is 13.2. The number of likely N-dealkylation sites (N-methyl/N-ethyl adjacent to an activating group) is 1. The van der Waals surface area contributed by atoms with Gasteiger partial charge in [0.05, 0.1) is 0 Å². The van der Waals surface area contributed by atoms with Gasteiger partial charge in [0, 0.05) is 9.75 Å². The molecule has 0 spiro atoms. The minimum Gasteiger partial charge on any atom is -0.480 e. The van der Waals surface area contributed by atoms with Gasteiger partial charge in [-0.05, 0) is 24.1 Å². The van der Waals surface area contributed by atoms with Crippen molar-refractivity contribution in [2.45, 2.75) is 39.2 Å². The Bertz CT molecular complexity index is 365. The first-order chi connectivity index (χ1) is 7.36. The average molecular weight is 241 g/mol. The predicted octanol–water partition coefficient (Wildman–Crippen LogP) is 2.78. The first-order valence-electron chi connectivity index (χ1n) is 5.42. The van der Waals surface area contributed by atoms with E-state index in [1.54, 1.807) is 11.3 Å². The molecule has 0 radical (unpaired) electrons. The number of carboxylic acid groups (broad SMARTS) is 1. The maximum absolute atomic E-state index is 11.1. The van der Waals surface area contributed by atoms with Crippen LogP contribution in [0.2, 0.25) is 0 Å². The van der Waals surface area contributed by atoms with Gasteiger partial charge in [-0.3, -0.25) is 4.79 Å². The van der Waals surface area contributed by atoms with E-state index in [0.717, 1.165) is 4.88 Å². The van der Waals surface area contributed by atoms with E-state index in [9.17, 15) is 4.79 Å².